The molecule has 0 aliphatic heterocycles. The third-order valence-electron chi connectivity index (χ3n) is 4.84. The van der Waals surface area contributed by atoms with Crippen LogP contribution >= 0.6 is 0 Å². The Hall–Kier alpha value is -2.15. The Labute approximate surface area is 139 Å². The van der Waals surface area contributed by atoms with E-state index in [2.05, 4.69) is 71.9 Å². The molecule has 0 saturated carbocycles. The molecule has 3 aromatic rings. The lowest BCUT2D eigenvalue weighted by molar-refractivity contribution is 0.615. The van der Waals surface area contributed by atoms with E-state index < -0.39 is 0 Å². The van der Waals surface area contributed by atoms with Crippen LogP contribution in [-0.4, -0.2) is 0 Å². The average Bonchev–Trinajstić information content (AvgIpc) is 2.50. The van der Waals surface area contributed by atoms with Crippen LogP contribution in [0, 0.1) is 34.6 Å². The summed E-state index contributed by atoms with van der Waals surface area (Å²) in [7, 11) is 0. The lowest BCUT2D eigenvalue weighted by Gasteiger charge is -2.08. The monoisotopic (exact) mass is 305 g/mol. The SMILES string of the molecule is CCc1cc(-c2[o+]c3cc(C)cc(C)c3cc2C)cc(C)c1C. The van der Waals surface area contributed by atoms with Crippen LogP contribution in [0.3, 0.4) is 0 Å². The number of rotatable bonds is 2. The van der Waals surface area contributed by atoms with Gasteiger partial charge in [0.25, 0.3) is 0 Å². The second-order valence-corrected chi connectivity index (χ2v) is 6.68. The van der Waals surface area contributed by atoms with E-state index in [0.29, 0.717) is 0 Å². The first-order chi connectivity index (χ1) is 10.9. The standard InChI is InChI=1S/C22H25O/c1-7-18-12-19(10-14(3)17(18)6)22-16(5)11-20-15(4)8-13(2)9-21(20)23-22/h8-12H,7H2,1-6H3/q+1. The van der Waals surface area contributed by atoms with Crippen LogP contribution < -0.4 is 0 Å². The van der Waals surface area contributed by atoms with Crippen molar-refractivity contribution in [3.8, 4) is 11.3 Å². The van der Waals surface area contributed by atoms with Gasteiger partial charge in [-0.05, 0) is 87.1 Å². The maximum Gasteiger partial charge on any atom is 0.363 e. The molecule has 0 bridgehead atoms. The first-order valence-electron chi connectivity index (χ1n) is 8.36. The van der Waals surface area contributed by atoms with E-state index in [-0.39, 0.29) is 0 Å². The van der Waals surface area contributed by atoms with Crippen LogP contribution in [0.4, 0.5) is 0 Å². The maximum absolute atomic E-state index is 6.33. The highest BCUT2D eigenvalue weighted by atomic mass is 16.3. The molecule has 1 heterocycles. The van der Waals surface area contributed by atoms with Crippen molar-refractivity contribution in [2.75, 3.05) is 0 Å². The molecule has 0 spiro atoms. The quantitative estimate of drug-likeness (QED) is 0.493. The molecule has 3 rings (SSSR count). The van der Waals surface area contributed by atoms with Crippen LogP contribution in [-0.2, 0) is 6.42 Å². The van der Waals surface area contributed by atoms with Crippen molar-refractivity contribution in [2.24, 2.45) is 0 Å². The van der Waals surface area contributed by atoms with E-state index in [4.69, 9.17) is 4.42 Å². The van der Waals surface area contributed by atoms with Crippen molar-refractivity contribution < 1.29 is 4.42 Å². The summed E-state index contributed by atoms with van der Waals surface area (Å²) in [6.45, 7) is 13.0. The third kappa shape index (κ3) is 2.76. The van der Waals surface area contributed by atoms with Crippen molar-refractivity contribution >= 4 is 11.0 Å². The van der Waals surface area contributed by atoms with E-state index in [9.17, 15) is 0 Å². The molecule has 0 aliphatic carbocycles. The molecule has 0 atom stereocenters. The fourth-order valence-electron chi connectivity index (χ4n) is 3.40. The number of hydrogen-bond donors (Lipinski definition) is 0. The number of hydrogen-bond acceptors (Lipinski definition) is 0. The van der Waals surface area contributed by atoms with Crippen molar-refractivity contribution in [1.82, 2.24) is 0 Å². The molecule has 118 valence electrons. The van der Waals surface area contributed by atoms with Crippen molar-refractivity contribution in [2.45, 2.75) is 48.0 Å². The number of fused-ring (bicyclic) bond motifs is 1. The van der Waals surface area contributed by atoms with Gasteiger partial charge >= 0.3 is 11.3 Å². The van der Waals surface area contributed by atoms with Crippen LogP contribution in [0.1, 0.15) is 40.3 Å². The van der Waals surface area contributed by atoms with Gasteiger partial charge in [0.2, 0.25) is 0 Å². The van der Waals surface area contributed by atoms with Crippen molar-refractivity contribution in [1.29, 1.82) is 0 Å². The zero-order chi connectivity index (χ0) is 16.7. The van der Waals surface area contributed by atoms with Crippen molar-refractivity contribution in [3.63, 3.8) is 0 Å². The molecule has 1 heteroatoms. The third-order valence-corrected chi connectivity index (χ3v) is 4.84. The summed E-state index contributed by atoms with van der Waals surface area (Å²) in [5.41, 5.74) is 9.97. The number of aryl methyl sites for hydroxylation is 5. The maximum atomic E-state index is 6.33. The summed E-state index contributed by atoms with van der Waals surface area (Å²) in [4.78, 5) is 0. The molecule has 2 aromatic carbocycles. The predicted molar refractivity (Wildman–Crippen MR) is 99.1 cm³/mol. The summed E-state index contributed by atoms with van der Waals surface area (Å²) < 4.78 is 6.33. The van der Waals surface area contributed by atoms with Gasteiger partial charge in [-0.2, -0.15) is 0 Å². The summed E-state index contributed by atoms with van der Waals surface area (Å²) in [6.07, 6.45) is 1.05. The molecule has 0 radical (unpaired) electrons. The Kier molecular flexibility index (Phi) is 3.97. The molecule has 0 unspecified atom stereocenters. The molecule has 1 aromatic heterocycles. The summed E-state index contributed by atoms with van der Waals surface area (Å²) in [6, 6.07) is 11.1. The first kappa shape index (κ1) is 15.7. The highest BCUT2D eigenvalue weighted by Gasteiger charge is 2.21. The molecule has 0 aliphatic rings. The number of benzene rings is 2. The Balaban J connectivity index is 2.28. The van der Waals surface area contributed by atoms with E-state index in [1.54, 1.807) is 0 Å². The Morgan fingerprint density at radius 1 is 0.783 bits per heavy atom. The molecule has 1 nitrogen and oxygen atoms in total. The van der Waals surface area contributed by atoms with Crippen LogP contribution in [0.2, 0.25) is 0 Å². The van der Waals surface area contributed by atoms with E-state index in [1.165, 1.54) is 44.3 Å². The van der Waals surface area contributed by atoms with Gasteiger partial charge in [-0.25, -0.2) is 4.42 Å². The van der Waals surface area contributed by atoms with Gasteiger partial charge in [-0.1, -0.05) is 13.0 Å². The van der Waals surface area contributed by atoms with Gasteiger partial charge in [0.1, 0.15) is 0 Å². The average molecular weight is 305 g/mol. The zero-order valence-corrected chi connectivity index (χ0v) is 15.0. The molecule has 23 heavy (non-hydrogen) atoms. The van der Waals surface area contributed by atoms with Crippen LogP contribution in [0.25, 0.3) is 22.3 Å². The minimum Gasteiger partial charge on any atom is -0.207 e. The fourth-order valence-corrected chi connectivity index (χ4v) is 3.40. The smallest absolute Gasteiger partial charge is 0.207 e. The summed E-state index contributed by atoms with van der Waals surface area (Å²) in [5.74, 6) is 0.986. The first-order valence-corrected chi connectivity index (χ1v) is 8.36. The fraction of sp³-hybridized carbons (Fsp3) is 0.318. The van der Waals surface area contributed by atoms with E-state index in [1.807, 2.05) is 0 Å². The second-order valence-electron chi connectivity index (χ2n) is 6.68. The van der Waals surface area contributed by atoms with E-state index >= 15 is 0 Å². The van der Waals surface area contributed by atoms with Gasteiger partial charge in [0.15, 0.2) is 0 Å². The summed E-state index contributed by atoms with van der Waals surface area (Å²) in [5, 5.41) is 1.20. The second kappa shape index (κ2) is 5.81. The topological polar surface area (TPSA) is 11.3 Å². The largest absolute Gasteiger partial charge is 0.363 e. The molecule has 0 fully saturated rings. The highest BCUT2D eigenvalue weighted by molar-refractivity contribution is 5.84. The Bertz CT molecular complexity index is 904. The predicted octanol–water partition coefficient (Wildman–Crippen LogP) is 6.49. The lowest BCUT2D eigenvalue weighted by Crippen LogP contribution is -1.94. The summed E-state index contributed by atoms with van der Waals surface area (Å²) >= 11 is 0. The lowest BCUT2D eigenvalue weighted by atomic mass is 9.95. The van der Waals surface area contributed by atoms with Gasteiger partial charge in [0, 0.05) is 6.07 Å². The highest BCUT2D eigenvalue weighted by Crippen LogP contribution is 2.32. The van der Waals surface area contributed by atoms with Gasteiger partial charge < -0.3 is 0 Å². The van der Waals surface area contributed by atoms with Gasteiger partial charge in [-0.3, -0.25) is 0 Å². The molecule has 0 N–H and O–H groups in total. The van der Waals surface area contributed by atoms with E-state index in [0.717, 1.165) is 17.8 Å². The van der Waals surface area contributed by atoms with Crippen LogP contribution in [0.5, 0.6) is 0 Å². The van der Waals surface area contributed by atoms with Gasteiger partial charge in [0.05, 0.1) is 16.5 Å². The van der Waals surface area contributed by atoms with Crippen molar-refractivity contribution in [3.05, 3.63) is 63.7 Å². The zero-order valence-electron chi connectivity index (χ0n) is 15.0. The molecule has 0 amide bonds. The molecular formula is C22H25O+. The van der Waals surface area contributed by atoms with Crippen LogP contribution in [0.15, 0.2) is 34.7 Å². The minimum atomic E-state index is 0.972. The normalized spacial score (nSPS) is 11.2. The minimum absolute atomic E-state index is 0.972. The molecule has 0 saturated heterocycles. The Morgan fingerprint density at radius 2 is 1.52 bits per heavy atom. The Morgan fingerprint density at radius 3 is 2.22 bits per heavy atom. The molecular weight excluding hydrogens is 280 g/mol. The van der Waals surface area contributed by atoms with Gasteiger partial charge in [-0.15, -0.1) is 0 Å².